The molecule has 0 fully saturated rings. The maximum Gasteiger partial charge on any atom is 0.305 e. The number of hydrogen-bond donors (Lipinski definition) is 0. The van der Waals surface area contributed by atoms with Gasteiger partial charge in [0.25, 0.3) is 11.1 Å². The van der Waals surface area contributed by atoms with Crippen molar-refractivity contribution < 1.29 is 13.9 Å². The second-order valence-corrected chi connectivity index (χ2v) is 5.60. The lowest BCUT2D eigenvalue weighted by atomic mass is 10.3. The first-order valence-electron chi connectivity index (χ1n) is 5.95. The van der Waals surface area contributed by atoms with Crippen molar-refractivity contribution in [3.63, 3.8) is 0 Å². The minimum atomic E-state index is -0.159. The van der Waals surface area contributed by atoms with E-state index in [1.165, 1.54) is 11.8 Å². The number of carbonyl (C=O) groups excluding carboxylic acids is 1. The lowest BCUT2D eigenvalue weighted by molar-refractivity contribution is -0.143. The number of rotatable bonds is 7. The van der Waals surface area contributed by atoms with Crippen LogP contribution in [0.25, 0.3) is 10.8 Å². The Bertz CT molecular complexity index is 511. The minimum Gasteiger partial charge on any atom is -0.466 e. The summed E-state index contributed by atoms with van der Waals surface area (Å²) in [6.07, 6.45) is 1.16. The summed E-state index contributed by atoms with van der Waals surface area (Å²) >= 11 is 3.02. The first kappa shape index (κ1) is 14.1. The summed E-state index contributed by atoms with van der Waals surface area (Å²) in [5, 5.41) is 10.4. The molecular formula is C12H14N2O3S2. The van der Waals surface area contributed by atoms with Gasteiger partial charge in [-0.3, -0.25) is 4.79 Å². The summed E-state index contributed by atoms with van der Waals surface area (Å²) in [5.74, 6) is 1.14. The largest absolute Gasteiger partial charge is 0.466 e. The Morgan fingerprint density at radius 1 is 1.53 bits per heavy atom. The lowest BCUT2D eigenvalue weighted by Crippen LogP contribution is -2.03. The van der Waals surface area contributed by atoms with Crippen molar-refractivity contribution in [1.82, 2.24) is 10.2 Å². The molecule has 0 unspecified atom stereocenters. The molecule has 0 atom stereocenters. The molecule has 0 aliphatic heterocycles. The highest BCUT2D eigenvalue weighted by molar-refractivity contribution is 7.99. The number of nitrogens with zero attached hydrogens (tertiary/aromatic N) is 2. The minimum absolute atomic E-state index is 0.159. The molecule has 0 radical (unpaired) electrons. The molecule has 0 spiro atoms. The second kappa shape index (κ2) is 7.30. The van der Waals surface area contributed by atoms with Crippen LogP contribution in [0.15, 0.2) is 27.2 Å². The third kappa shape index (κ3) is 4.36. The Kier molecular flexibility index (Phi) is 5.41. The third-order valence-corrected chi connectivity index (χ3v) is 3.96. The van der Waals surface area contributed by atoms with Crippen LogP contribution < -0.4 is 0 Å². The Morgan fingerprint density at radius 2 is 2.42 bits per heavy atom. The summed E-state index contributed by atoms with van der Waals surface area (Å²) in [7, 11) is 0. The van der Waals surface area contributed by atoms with Crippen LogP contribution >= 0.6 is 23.1 Å². The van der Waals surface area contributed by atoms with Crippen molar-refractivity contribution in [2.45, 2.75) is 25.0 Å². The molecule has 2 aromatic rings. The molecule has 0 amide bonds. The molecule has 0 aliphatic carbocycles. The molecule has 0 aliphatic rings. The third-order valence-electron chi connectivity index (χ3n) is 2.19. The summed E-state index contributed by atoms with van der Waals surface area (Å²) in [6, 6.07) is 3.88. The molecule has 2 heterocycles. The normalized spacial score (nSPS) is 10.6. The molecule has 19 heavy (non-hydrogen) atoms. The van der Waals surface area contributed by atoms with Crippen molar-refractivity contribution >= 4 is 29.1 Å². The lowest BCUT2D eigenvalue weighted by Gasteiger charge is -1.99. The van der Waals surface area contributed by atoms with Gasteiger partial charge in [0.05, 0.1) is 11.5 Å². The highest BCUT2D eigenvalue weighted by Crippen LogP contribution is 2.26. The van der Waals surface area contributed by atoms with E-state index >= 15 is 0 Å². The van der Waals surface area contributed by atoms with Crippen molar-refractivity contribution in [2.24, 2.45) is 0 Å². The molecule has 0 bridgehead atoms. The van der Waals surface area contributed by atoms with Crippen molar-refractivity contribution in [3.8, 4) is 10.8 Å². The first-order chi connectivity index (χ1) is 9.29. The van der Waals surface area contributed by atoms with E-state index in [2.05, 4.69) is 10.2 Å². The summed E-state index contributed by atoms with van der Waals surface area (Å²) in [4.78, 5) is 12.1. The van der Waals surface area contributed by atoms with Gasteiger partial charge in [-0.25, -0.2) is 0 Å². The quantitative estimate of drug-likeness (QED) is 0.444. The fourth-order valence-electron chi connectivity index (χ4n) is 1.38. The molecule has 5 nitrogen and oxygen atoms in total. The van der Waals surface area contributed by atoms with Gasteiger partial charge in [-0.05, 0) is 24.8 Å². The predicted octanol–water partition coefficient (Wildman–Crippen LogP) is 3.23. The highest BCUT2D eigenvalue weighted by atomic mass is 32.2. The smallest absolute Gasteiger partial charge is 0.305 e. The number of aromatic nitrogens is 2. The maximum atomic E-state index is 11.1. The standard InChI is InChI=1S/C12H14N2O3S2/c1-2-16-10(15)6-4-8-19-12-14-13-11(17-12)9-5-3-7-18-9/h3,5,7H,2,4,6,8H2,1H3. The van der Waals surface area contributed by atoms with Crippen LogP contribution in [0.1, 0.15) is 19.8 Å². The number of carbonyl (C=O) groups is 1. The van der Waals surface area contributed by atoms with E-state index < -0.39 is 0 Å². The predicted molar refractivity (Wildman–Crippen MR) is 74.2 cm³/mol. The monoisotopic (exact) mass is 298 g/mol. The van der Waals surface area contributed by atoms with Gasteiger partial charge in [0.2, 0.25) is 0 Å². The number of thiophene rings is 1. The number of esters is 1. The van der Waals surface area contributed by atoms with Gasteiger partial charge in [0.15, 0.2) is 0 Å². The summed E-state index contributed by atoms with van der Waals surface area (Å²) in [5.41, 5.74) is 0. The fourth-order valence-corrected chi connectivity index (χ4v) is 2.72. The molecule has 102 valence electrons. The maximum absolute atomic E-state index is 11.1. The number of hydrogen-bond acceptors (Lipinski definition) is 7. The van der Waals surface area contributed by atoms with E-state index in [-0.39, 0.29) is 5.97 Å². The van der Waals surface area contributed by atoms with Gasteiger partial charge in [-0.15, -0.1) is 21.5 Å². The van der Waals surface area contributed by atoms with Crippen LogP contribution in [0.3, 0.4) is 0 Å². The summed E-state index contributed by atoms with van der Waals surface area (Å²) in [6.45, 7) is 2.23. The fraction of sp³-hybridized carbons (Fsp3) is 0.417. The van der Waals surface area contributed by atoms with Crippen LogP contribution in [0.2, 0.25) is 0 Å². The summed E-state index contributed by atoms with van der Waals surface area (Å²) < 4.78 is 10.4. The topological polar surface area (TPSA) is 65.2 Å². The van der Waals surface area contributed by atoms with Crippen LogP contribution in [-0.2, 0) is 9.53 Å². The average Bonchev–Trinajstić information content (AvgIpc) is 3.05. The molecule has 0 saturated carbocycles. The van der Waals surface area contributed by atoms with E-state index in [9.17, 15) is 4.79 Å². The Hall–Kier alpha value is -1.34. The van der Waals surface area contributed by atoms with Crippen LogP contribution in [0, 0.1) is 0 Å². The van der Waals surface area contributed by atoms with Gasteiger partial charge in [-0.1, -0.05) is 17.8 Å². The first-order valence-corrected chi connectivity index (χ1v) is 7.82. The van der Waals surface area contributed by atoms with E-state index in [0.29, 0.717) is 24.1 Å². The Balaban J connectivity index is 1.74. The van der Waals surface area contributed by atoms with E-state index in [0.717, 1.165) is 17.1 Å². The van der Waals surface area contributed by atoms with E-state index in [1.54, 1.807) is 18.3 Å². The Labute approximate surface area is 119 Å². The molecule has 0 N–H and O–H groups in total. The SMILES string of the molecule is CCOC(=O)CCCSc1nnc(-c2cccs2)o1. The molecular weight excluding hydrogens is 284 g/mol. The molecule has 2 rings (SSSR count). The second-order valence-electron chi connectivity index (χ2n) is 3.61. The van der Waals surface area contributed by atoms with Crippen LogP contribution in [-0.4, -0.2) is 28.5 Å². The Morgan fingerprint density at radius 3 is 3.16 bits per heavy atom. The van der Waals surface area contributed by atoms with Gasteiger partial charge in [-0.2, -0.15) is 0 Å². The zero-order valence-electron chi connectivity index (χ0n) is 10.5. The van der Waals surface area contributed by atoms with E-state index in [1.807, 2.05) is 17.5 Å². The van der Waals surface area contributed by atoms with Crippen molar-refractivity contribution in [1.29, 1.82) is 0 Å². The zero-order valence-corrected chi connectivity index (χ0v) is 12.1. The van der Waals surface area contributed by atoms with E-state index in [4.69, 9.17) is 9.15 Å². The van der Waals surface area contributed by atoms with Gasteiger partial charge in [0.1, 0.15) is 0 Å². The number of ether oxygens (including phenoxy) is 1. The number of thioether (sulfide) groups is 1. The van der Waals surface area contributed by atoms with Gasteiger partial charge in [0, 0.05) is 12.2 Å². The van der Waals surface area contributed by atoms with Gasteiger partial charge >= 0.3 is 5.97 Å². The van der Waals surface area contributed by atoms with Crippen molar-refractivity contribution in [3.05, 3.63) is 17.5 Å². The van der Waals surface area contributed by atoms with Gasteiger partial charge < -0.3 is 9.15 Å². The van der Waals surface area contributed by atoms with Crippen molar-refractivity contribution in [2.75, 3.05) is 12.4 Å². The highest BCUT2D eigenvalue weighted by Gasteiger charge is 2.10. The van der Waals surface area contributed by atoms with Crippen LogP contribution in [0.5, 0.6) is 0 Å². The average molecular weight is 298 g/mol. The molecule has 0 aromatic carbocycles. The molecule has 7 heteroatoms. The molecule has 2 aromatic heterocycles. The zero-order chi connectivity index (χ0) is 13.5. The molecule has 0 saturated heterocycles. The van der Waals surface area contributed by atoms with Crippen LogP contribution in [0.4, 0.5) is 0 Å².